The van der Waals surface area contributed by atoms with Crippen molar-refractivity contribution in [2.45, 2.75) is 13.8 Å². The molecule has 0 bridgehead atoms. The van der Waals surface area contributed by atoms with Gasteiger partial charge in [-0.2, -0.15) is 0 Å². The zero-order chi connectivity index (χ0) is 14.5. The summed E-state index contributed by atoms with van der Waals surface area (Å²) in [6.07, 6.45) is 0. The first-order chi connectivity index (χ1) is 9.54. The minimum Gasteiger partial charge on any atom is -0.383 e. The van der Waals surface area contributed by atoms with Crippen molar-refractivity contribution in [2.75, 3.05) is 30.4 Å². The van der Waals surface area contributed by atoms with Gasteiger partial charge < -0.3 is 10.2 Å². The Morgan fingerprint density at radius 1 is 1.05 bits per heavy atom. The number of hydrogen-bond donors (Lipinski definition) is 1. The lowest BCUT2D eigenvalue weighted by molar-refractivity contribution is 0.628. The summed E-state index contributed by atoms with van der Waals surface area (Å²) in [7, 11) is 2.07. The summed E-state index contributed by atoms with van der Waals surface area (Å²) in [5.41, 5.74) is 4.57. The maximum Gasteiger partial charge on any atom is 0.125 e. The van der Waals surface area contributed by atoms with Gasteiger partial charge in [-0.1, -0.05) is 12.1 Å². The van der Waals surface area contributed by atoms with Crippen molar-refractivity contribution in [1.82, 2.24) is 0 Å². The molecule has 2 aromatic rings. The lowest BCUT2D eigenvalue weighted by Gasteiger charge is -2.21. The first-order valence-electron chi connectivity index (χ1n) is 6.83. The molecule has 3 heteroatoms. The van der Waals surface area contributed by atoms with Crippen molar-refractivity contribution in [2.24, 2.45) is 0 Å². The van der Waals surface area contributed by atoms with Gasteiger partial charge in [0.05, 0.1) is 0 Å². The summed E-state index contributed by atoms with van der Waals surface area (Å²) in [5.74, 6) is -0.210. The zero-order valence-corrected chi connectivity index (χ0v) is 12.3. The zero-order valence-electron chi connectivity index (χ0n) is 12.3. The molecule has 0 aliphatic carbocycles. The van der Waals surface area contributed by atoms with Gasteiger partial charge in [-0.25, -0.2) is 4.39 Å². The van der Waals surface area contributed by atoms with Gasteiger partial charge >= 0.3 is 0 Å². The number of likely N-dealkylation sites (N-methyl/N-ethyl adjacent to an activating group) is 1. The third-order valence-corrected chi connectivity index (χ3v) is 3.25. The lowest BCUT2D eigenvalue weighted by atomic mass is 10.1. The topological polar surface area (TPSA) is 15.3 Å². The van der Waals surface area contributed by atoms with E-state index in [2.05, 4.69) is 49.3 Å². The van der Waals surface area contributed by atoms with Crippen LogP contribution in [0.15, 0.2) is 42.5 Å². The smallest absolute Gasteiger partial charge is 0.125 e. The summed E-state index contributed by atoms with van der Waals surface area (Å²) in [5, 5.41) is 3.23. The average molecular weight is 272 g/mol. The molecule has 0 amide bonds. The minimum absolute atomic E-state index is 0.210. The second kappa shape index (κ2) is 6.42. The van der Waals surface area contributed by atoms with Crippen LogP contribution >= 0.6 is 0 Å². The van der Waals surface area contributed by atoms with Crippen LogP contribution in [-0.4, -0.2) is 20.1 Å². The van der Waals surface area contributed by atoms with E-state index in [0.717, 1.165) is 18.8 Å². The molecular weight excluding hydrogens is 251 g/mol. The van der Waals surface area contributed by atoms with Gasteiger partial charge in [0.25, 0.3) is 0 Å². The van der Waals surface area contributed by atoms with E-state index < -0.39 is 0 Å². The SMILES string of the molecule is Cc1cc(C)cc(N(C)CCNc2cccc(F)c2)c1. The number of hydrogen-bond acceptors (Lipinski definition) is 2. The van der Waals surface area contributed by atoms with Gasteiger partial charge in [-0.3, -0.25) is 0 Å². The number of anilines is 2. The van der Waals surface area contributed by atoms with Crippen LogP contribution in [0, 0.1) is 19.7 Å². The Kier molecular flexibility index (Phi) is 4.61. The molecular formula is C17H21FN2. The first-order valence-corrected chi connectivity index (χ1v) is 6.83. The molecule has 0 saturated heterocycles. The van der Waals surface area contributed by atoms with Crippen molar-refractivity contribution in [3.63, 3.8) is 0 Å². The Balaban J connectivity index is 1.90. The predicted octanol–water partition coefficient (Wildman–Crippen LogP) is 3.99. The second-order valence-electron chi connectivity index (χ2n) is 5.20. The van der Waals surface area contributed by atoms with Gasteiger partial charge in [0.1, 0.15) is 5.82 Å². The van der Waals surface area contributed by atoms with Gasteiger partial charge in [-0.15, -0.1) is 0 Å². The fourth-order valence-electron chi connectivity index (χ4n) is 2.27. The Morgan fingerprint density at radius 2 is 1.75 bits per heavy atom. The Bertz CT molecular complexity index is 561. The number of halogens is 1. The van der Waals surface area contributed by atoms with Crippen LogP contribution in [0.5, 0.6) is 0 Å². The van der Waals surface area contributed by atoms with Crippen molar-refractivity contribution >= 4 is 11.4 Å². The van der Waals surface area contributed by atoms with Crippen LogP contribution in [0.3, 0.4) is 0 Å². The normalized spacial score (nSPS) is 10.4. The summed E-state index contributed by atoms with van der Waals surface area (Å²) >= 11 is 0. The molecule has 0 unspecified atom stereocenters. The molecule has 0 aromatic heterocycles. The van der Waals surface area contributed by atoms with Crippen LogP contribution in [0.25, 0.3) is 0 Å². The molecule has 0 fully saturated rings. The molecule has 0 spiro atoms. The molecule has 0 aliphatic heterocycles. The molecule has 0 radical (unpaired) electrons. The number of nitrogens with zero attached hydrogens (tertiary/aromatic N) is 1. The van der Waals surface area contributed by atoms with Gasteiger partial charge in [0.2, 0.25) is 0 Å². The van der Waals surface area contributed by atoms with Crippen molar-refractivity contribution in [1.29, 1.82) is 0 Å². The molecule has 0 aliphatic rings. The van der Waals surface area contributed by atoms with E-state index in [1.54, 1.807) is 6.07 Å². The van der Waals surface area contributed by atoms with E-state index in [0.29, 0.717) is 0 Å². The third-order valence-electron chi connectivity index (χ3n) is 3.25. The quantitative estimate of drug-likeness (QED) is 0.885. The molecule has 20 heavy (non-hydrogen) atoms. The Morgan fingerprint density at radius 3 is 2.40 bits per heavy atom. The summed E-state index contributed by atoms with van der Waals surface area (Å²) in [6.45, 7) is 5.84. The Hall–Kier alpha value is -2.03. The fourth-order valence-corrected chi connectivity index (χ4v) is 2.27. The Labute approximate surface area is 120 Å². The monoisotopic (exact) mass is 272 g/mol. The van der Waals surface area contributed by atoms with Crippen LogP contribution in [0.2, 0.25) is 0 Å². The molecule has 0 heterocycles. The molecule has 2 rings (SSSR count). The van der Waals surface area contributed by atoms with E-state index in [9.17, 15) is 4.39 Å². The van der Waals surface area contributed by atoms with Crippen molar-refractivity contribution < 1.29 is 4.39 Å². The first kappa shape index (κ1) is 14.4. The average Bonchev–Trinajstić information content (AvgIpc) is 2.37. The number of rotatable bonds is 5. The van der Waals surface area contributed by atoms with Gasteiger partial charge in [0, 0.05) is 31.5 Å². The predicted molar refractivity (Wildman–Crippen MR) is 84.1 cm³/mol. The van der Waals surface area contributed by atoms with Gasteiger partial charge in [0.15, 0.2) is 0 Å². The van der Waals surface area contributed by atoms with Crippen LogP contribution in [-0.2, 0) is 0 Å². The molecule has 0 atom stereocenters. The van der Waals surface area contributed by atoms with Gasteiger partial charge in [-0.05, 0) is 55.3 Å². The van der Waals surface area contributed by atoms with E-state index in [1.807, 2.05) is 6.07 Å². The molecule has 1 N–H and O–H groups in total. The standard InChI is InChI=1S/C17H21FN2/c1-13-9-14(2)11-17(10-13)20(3)8-7-19-16-6-4-5-15(18)12-16/h4-6,9-12,19H,7-8H2,1-3H3. The second-order valence-corrected chi connectivity index (χ2v) is 5.20. The van der Waals surface area contributed by atoms with E-state index >= 15 is 0 Å². The van der Waals surface area contributed by atoms with Crippen molar-refractivity contribution in [3.05, 3.63) is 59.4 Å². The van der Waals surface area contributed by atoms with Crippen LogP contribution in [0.1, 0.15) is 11.1 Å². The van der Waals surface area contributed by atoms with E-state index in [1.165, 1.54) is 28.9 Å². The van der Waals surface area contributed by atoms with Crippen LogP contribution in [0.4, 0.5) is 15.8 Å². The highest BCUT2D eigenvalue weighted by atomic mass is 19.1. The molecule has 2 aromatic carbocycles. The van der Waals surface area contributed by atoms with E-state index in [-0.39, 0.29) is 5.82 Å². The van der Waals surface area contributed by atoms with Crippen molar-refractivity contribution in [3.8, 4) is 0 Å². The fraction of sp³-hybridized carbons (Fsp3) is 0.294. The maximum atomic E-state index is 13.1. The number of nitrogens with one attached hydrogen (secondary N) is 1. The number of benzene rings is 2. The molecule has 2 nitrogen and oxygen atoms in total. The van der Waals surface area contributed by atoms with Crippen LogP contribution < -0.4 is 10.2 Å². The minimum atomic E-state index is -0.210. The number of aryl methyl sites for hydroxylation is 2. The lowest BCUT2D eigenvalue weighted by Crippen LogP contribution is -2.24. The largest absolute Gasteiger partial charge is 0.383 e. The summed E-state index contributed by atoms with van der Waals surface area (Å²) < 4.78 is 13.1. The highest BCUT2D eigenvalue weighted by molar-refractivity contribution is 5.50. The summed E-state index contributed by atoms with van der Waals surface area (Å²) in [6, 6.07) is 13.1. The summed E-state index contributed by atoms with van der Waals surface area (Å²) in [4.78, 5) is 2.20. The maximum absolute atomic E-state index is 13.1. The molecule has 0 saturated carbocycles. The van der Waals surface area contributed by atoms with E-state index in [4.69, 9.17) is 0 Å². The molecule has 106 valence electrons. The highest BCUT2D eigenvalue weighted by Crippen LogP contribution is 2.17. The highest BCUT2D eigenvalue weighted by Gasteiger charge is 2.02. The third kappa shape index (κ3) is 3.98.